The Bertz CT molecular complexity index is 639. The quantitative estimate of drug-likeness (QED) is 0.881. The number of nitrogens with zero attached hydrogens (tertiary/aromatic N) is 1. The number of nitrogens with one attached hydrogen (secondary N) is 1. The highest BCUT2D eigenvalue weighted by molar-refractivity contribution is 7.18. The summed E-state index contributed by atoms with van der Waals surface area (Å²) in [5.74, 6) is 0.557. The van der Waals surface area contributed by atoms with Gasteiger partial charge in [0.2, 0.25) is 5.91 Å². The Balaban J connectivity index is 0.00000161. The Labute approximate surface area is 134 Å². The maximum absolute atomic E-state index is 11.9. The van der Waals surface area contributed by atoms with Gasteiger partial charge in [-0.25, -0.2) is 4.98 Å². The number of thiazole rings is 1. The lowest BCUT2D eigenvalue weighted by molar-refractivity contribution is -0.117. The Morgan fingerprint density at radius 1 is 1.52 bits per heavy atom. The van der Waals surface area contributed by atoms with Gasteiger partial charge in [-0.3, -0.25) is 4.79 Å². The number of anilines is 1. The van der Waals surface area contributed by atoms with Gasteiger partial charge in [0.25, 0.3) is 0 Å². The molecule has 0 bridgehead atoms. The van der Waals surface area contributed by atoms with Crippen molar-refractivity contribution in [2.24, 2.45) is 5.73 Å². The average molecular weight is 326 g/mol. The normalized spacial score (nSPS) is 15.5. The van der Waals surface area contributed by atoms with Crippen LogP contribution in [0.1, 0.15) is 43.5 Å². The zero-order valence-corrected chi connectivity index (χ0v) is 13.6. The van der Waals surface area contributed by atoms with Crippen LogP contribution in [0.2, 0.25) is 0 Å². The SMILES string of the molecule is CCCC(N)C(=O)Nc1ccc2nc(C3CC3)sc2c1.Cl. The number of aromatic nitrogens is 1. The maximum atomic E-state index is 11.9. The molecule has 1 amide bonds. The van der Waals surface area contributed by atoms with Gasteiger partial charge in [-0.15, -0.1) is 23.7 Å². The summed E-state index contributed by atoms with van der Waals surface area (Å²) in [5, 5.41) is 4.12. The van der Waals surface area contributed by atoms with Crippen LogP contribution >= 0.6 is 23.7 Å². The van der Waals surface area contributed by atoms with Crippen LogP contribution in [-0.2, 0) is 4.79 Å². The fraction of sp³-hybridized carbons (Fsp3) is 0.467. The topological polar surface area (TPSA) is 68.0 Å². The van der Waals surface area contributed by atoms with E-state index in [-0.39, 0.29) is 18.3 Å². The highest BCUT2D eigenvalue weighted by Crippen LogP contribution is 2.43. The monoisotopic (exact) mass is 325 g/mol. The highest BCUT2D eigenvalue weighted by Gasteiger charge is 2.27. The molecule has 6 heteroatoms. The van der Waals surface area contributed by atoms with E-state index in [4.69, 9.17) is 5.73 Å². The first kappa shape index (κ1) is 16.2. The zero-order valence-electron chi connectivity index (χ0n) is 12.0. The van der Waals surface area contributed by atoms with Crippen LogP contribution in [-0.4, -0.2) is 16.9 Å². The van der Waals surface area contributed by atoms with Gasteiger partial charge >= 0.3 is 0 Å². The van der Waals surface area contributed by atoms with Crippen LogP contribution in [0.3, 0.4) is 0 Å². The zero-order chi connectivity index (χ0) is 14.1. The molecule has 1 atom stereocenters. The first-order valence-corrected chi connectivity index (χ1v) is 7.96. The number of amides is 1. The molecule has 1 fully saturated rings. The fourth-order valence-electron chi connectivity index (χ4n) is 2.20. The molecular weight excluding hydrogens is 306 g/mol. The van der Waals surface area contributed by atoms with E-state index in [0.29, 0.717) is 12.3 Å². The number of carbonyl (C=O) groups excluding carboxylic acids is 1. The van der Waals surface area contributed by atoms with Crippen molar-refractivity contribution < 1.29 is 4.79 Å². The second-order valence-electron chi connectivity index (χ2n) is 5.39. The fourth-order valence-corrected chi connectivity index (χ4v) is 3.38. The summed E-state index contributed by atoms with van der Waals surface area (Å²) in [6, 6.07) is 5.43. The molecule has 0 spiro atoms. The van der Waals surface area contributed by atoms with Gasteiger partial charge in [0.15, 0.2) is 0 Å². The van der Waals surface area contributed by atoms with E-state index in [1.165, 1.54) is 17.8 Å². The number of benzene rings is 1. The highest BCUT2D eigenvalue weighted by atomic mass is 35.5. The molecule has 1 saturated carbocycles. The molecule has 1 aliphatic carbocycles. The largest absolute Gasteiger partial charge is 0.325 e. The van der Waals surface area contributed by atoms with E-state index in [0.717, 1.165) is 22.3 Å². The van der Waals surface area contributed by atoms with Crippen LogP contribution in [0.4, 0.5) is 5.69 Å². The van der Waals surface area contributed by atoms with Gasteiger partial charge in [0, 0.05) is 11.6 Å². The molecule has 3 rings (SSSR count). The number of hydrogen-bond acceptors (Lipinski definition) is 4. The molecule has 1 aliphatic rings. The second-order valence-corrected chi connectivity index (χ2v) is 6.46. The number of carbonyl (C=O) groups is 1. The van der Waals surface area contributed by atoms with Crippen LogP contribution in [0.25, 0.3) is 10.2 Å². The third-order valence-corrected chi connectivity index (χ3v) is 4.72. The Kier molecular flexibility index (Phi) is 5.19. The third kappa shape index (κ3) is 3.73. The van der Waals surface area contributed by atoms with Gasteiger partial charge in [0.05, 0.1) is 21.3 Å². The molecule has 114 valence electrons. The van der Waals surface area contributed by atoms with Crippen molar-refractivity contribution in [3.8, 4) is 0 Å². The Morgan fingerprint density at radius 3 is 2.95 bits per heavy atom. The summed E-state index contributed by atoms with van der Waals surface area (Å²) in [6.07, 6.45) is 4.14. The van der Waals surface area contributed by atoms with Gasteiger partial charge in [-0.1, -0.05) is 13.3 Å². The van der Waals surface area contributed by atoms with Gasteiger partial charge in [-0.05, 0) is 37.5 Å². The standard InChI is InChI=1S/C15H19N3OS.ClH/c1-2-3-11(16)14(19)17-10-6-7-12-13(8-10)20-15(18-12)9-4-5-9;/h6-9,11H,2-5,16H2,1H3,(H,17,19);1H. The number of halogens is 1. The van der Waals surface area contributed by atoms with E-state index in [1.54, 1.807) is 11.3 Å². The predicted molar refractivity (Wildman–Crippen MR) is 90.4 cm³/mol. The van der Waals surface area contributed by atoms with E-state index in [1.807, 2.05) is 25.1 Å². The average Bonchev–Trinajstić information content (AvgIpc) is 3.19. The molecule has 21 heavy (non-hydrogen) atoms. The molecule has 1 aromatic carbocycles. The van der Waals surface area contributed by atoms with Gasteiger partial charge < -0.3 is 11.1 Å². The van der Waals surface area contributed by atoms with Crippen molar-refractivity contribution >= 4 is 45.6 Å². The minimum atomic E-state index is -0.431. The molecule has 0 saturated heterocycles. The number of hydrogen-bond donors (Lipinski definition) is 2. The minimum absolute atomic E-state index is 0. The summed E-state index contributed by atoms with van der Waals surface area (Å²) in [5.41, 5.74) is 7.65. The minimum Gasteiger partial charge on any atom is -0.325 e. The molecule has 1 aromatic heterocycles. The Hall–Kier alpha value is -1.17. The molecule has 0 aliphatic heterocycles. The molecule has 3 N–H and O–H groups in total. The summed E-state index contributed by atoms with van der Waals surface area (Å²) >= 11 is 1.73. The van der Waals surface area contributed by atoms with Crippen molar-refractivity contribution in [3.63, 3.8) is 0 Å². The first-order valence-electron chi connectivity index (χ1n) is 7.14. The third-order valence-electron chi connectivity index (χ3n) is 3.54. The molecule has 2 aromatic rings. The van der Waals surface area contributed by atoms with E-state index in [9.17, 15) is 4.79 Å². The smallest absolute Gasteiger partial charge is 0.241 e. The number of fused-ring (bicyclic) bond motifs is 1. The first-order chi connectivity index (χ1) is 9.67. The molecule has 4 nitrogen and oxygen atoms in total. The number of rotatable bonds is 5. The van der Waals surface area contributed by atoms with Crippen LogP contribution in [0.15, 0.2) is 18.2 Å². The lowest BCUT2D eigenvalue weighted by Crippen LogP contribution is -2.35. The van der Waals surface area contributed by atoms with E-state index >= 15 is 0 Å². The van der Waals surface area contributed by atoms with Crippen molar-refractivity contribution in [3.05, 3.63) is 23.2 Å². The van der Waals surface area contributed by atoms with E-state index in [2.05, 4.69) is 10.3 Å². The molecule has 1 heterocycles. The molecular formula is C15H20ClN3OS. The second kappa shape index (κ2) is 6.73. The van der Waals surface area contributed by atoms with Crippen molar-refractivity contribution in [1.82, 2.24) is 4.98 Å². The molecule has 1 unspecified atom stereocenters. The number of nitrogens with two attached hydrogens (primary N) is 1. The summed E-state index contributed by atoms with van der Waals surface area (Å²) in [7, 11) is 0. The summed E-state index contributed by atoms with van der Waals surface area (Å²) in [6.45, 7) is 2.02. The summed E-state index contributed by atoms with van der Waals surface area (Å²) in [4.78, 5) is 16.6. The van der Waals surface area contributed by atoms with Gasteiger partial charge in [-0.2, -0.15) is 0 Å². The lowest BCUT2D eigenvalue weighted by Gasteiger charge is -2.10. The predicted octanol–water partition coefficient (Wildman–Crippen LogP) is 3.66. The van der Waals surface area contributed by atoms with Gasteiger partial charge in [0.1, 0.15) is 0 Å². The van der Waals surface area contributed by atoms with Crippen molar-refractivity contribution in [2.45, 2.75) is 44.6 Å². The van der Waals surface area contributed by atoms with Crippen LogP contribution in [0, 0.1) is 0 Å². The van der Waals surface area contributed by atoms with Crippen LogP contribution in [0.5, 0.6) is 0 Å². The van der Waals surface area contributed by atoms with Crippen LogP contribution < -0.4 is 11.1 Å². The summed E-state index contributed by atoms with van der Waals surface area (Å²) < 4.78 is 1.13. The Morgan fingerprint density at radius 2 is 2.29 bits per heavy atom. The van der Waals surface area contributed by atoms with Crippen molar-refractivity contribution in [1.29, 1.82) is 0 Å². The lowest BCUT2D eigenvalue weighted by atomic mass is 10.1. The van der Waals surface area contributed by atoms with E-state index < -0.39 is 6.04 Å². The maximum Gasteiger partial charge on any atom is 0.241 e. The van der Waals surface area contributed by atoms with Crippen molar-refractivity contribution in [2.75, 3.05) is 5.32 Å². The molecule has 0 radical (unpaired) electrons.